The molecule has 0 radical (unpaired) electrons. The monoisotopic (exact) mass is 339 g/mol. The summed E-state index contributed by atoms with van der Waals surface area (Å²) in [6.45, 7) is 2.29. The van der Waals surface area contributed by atoms with E-state index in [9.17, 15) is 4.79 Å². The lowest BCUT2D eigenvalue weighted by Crippen LogP contribution is -2.44. The van der Waals surface area contributed by atoms with E-state index in [0.29, 0.717) is 17.7 Å². The SMILES string of the molecule is O=C(c1cn(Cc2cccnc2)nn1)N1CCC2(CCCCC2)CC1. The normalized spacial score (nSPS) is 19.9. The van der Waals surface area contributed by atoms with E-state index in [1.807, 2.05) is 17.0 Å². The minimum absolute atomic E-state index is 0.0168. The van der Waals surface area contributed by atoms with E-state index in [1.165, 1.54) is 32.1 Å². The average Bonchev–Trinajstić information content (AvgIpc) is 3.12. The van der Waals surface area contributed by atoms with Gasteiger partial charge in [0.05, 0.1) is 12.7 Å². The van der Waals surface area contributed by atoms with E-state index in [-0.39, 0.29) is 5.91 Å². The average molecular weight is 339 g/mol. The highest BCUT2D eigenvalue weighted by atomic mass is 16.2. The molecule has 132 valence electrons. The van der Waals surface area contributed by atoms with Crippen LogP contribution in [0.1, 0.15) is 61.0 Å². The molecule has 3 heterocycles. The van der Waals surface area contributed by atoms with Gasteiger partial charge in [0.1, 0.15) is 0 Å². The zero-order valence-corrected chi connectivity index (χ0v) is 14.6. The smallest absolute Gasteiger partial charge is 0.276 e. The number of hydrogen-bond donors (Lipinski definition) is 0. The highest BCUT2D eigenvalue weighted by Crippen LogP contribution is 2.44. The van der Waals surface area contributed by atoms with Gasteiger partial charge in [0.25, 0.3) is 5.91 Å². The van der Waals surface area contributed by atoms with Gasteiger partial charge >= 0.3 is 0 Å². The maximum atomic E-state index is 12.7. The number of rotatable bonds is 3. The first kappa shape index (κ1) is 16.2. The second-order valence-electron chi connectivity index (χ2n) is 7.52. The van der Waals surface area contributed by atoms with Crippen molar-refractivity contribution in [1.29, 1.82) is 0 Å². The first-order valence-corrected chi connectivity index (χ1v) is 9.33. The Kier molecular flexibility index (Phi) is 4.51. The molecule has 6 nitrogen and oxygen atoms in total. The number of carbonyl (C=O) groups excluding carboxylic acids is 1. The van der Waals surface area contributed by atoms with Crippen LogP contribution in [0.2, 0.25) is 0 Å². The molecule has 2 aromatic heterocycles. The molecule has 1 amide bonds. The lowest BCUT2D eigenvalue weighted by molar-refractivity contribution is 0.0467. The number of likely N-dealkylation sites (tertiary alicyclic amines) is 1. The van der Waals surface area contributed by atoms with Crippen molar-refractivity contribution < 1.29 is 4.79 Å². The summed E-state index contributed by atoms with van der Waals surface area (Å²) in [5.74, 6) is 0.0168. The summed E-state index contributed by atoms with van der Waals surface area (Å²) in [5.41, 5.74) is 2.00. The molecular weight excluding hydrogens is 314 g/mol. The zero-order valence-electron chi connectivity index (χ0n) is 14.6. The van der Waals surface area contributed by atoms with Crippen LogP contribution in [-0.4, -0.2) is 43.9 Å². The van der Waals surface area contributed by atoms with Crippen LogP contribution in [0.3, 0.4) is 0 Å². The molecule has 1 saturated carbocycles. The molecule has 0 unspecified atom stereocenters. The van der Waals surface area contributed by atoms with E-state index < -0.39 is 0 Å². The summed E-state index contributed by atoms with van der Waals surface area (Å²) >= 11 is 0. The quantitative estimate of drug-likeness (QED) is 0.862. The molecule has 25 heavy (non-hydrogen) atoms. The van der Waals surface area contributed by atoms with Gasteiger partial charge in [-0.2, -0.15) is 0 Å². The predicted octanol–water partition coefficient (Wildman–Crippen LogP) is 2.91. The lowest BCUT2D eigenvalue weighted by Gasteiger charge is -2.44. The molecule has 6 heteroatoms. The van der Waals surface area contributed by atoms with Crippen molar-refractivity contribution in [3.05, 3.63) is 42.0 Å². The molecule has 2 fully saturated rings. The maximum Gasteiger partial charge on any atom is 0.276 e. The first-order valence-electron chi connectivity index (χ1n) is 9.33. The summed E-state index contributed by atoms with van der Waals surface area (Å²) in [7, 11) is 0. The van der Waals surface area contributed by atoms with Crippen LogP contribution >= 0.6 is 0 Å². The fraction of sp³-hybridized carbons (Fsp3) is 0.579. The Labute approximate surface area is 148 Å². The van der Waals surface area contributed by atoms with Gasteiger partial charge in [-0.1, -0.05) is 30.5 Å². The van der Waals surface area contributed by atoms with E-state index in [0.717, 1.165) is 31.5 Å². The number of piperidine rings is 1. The molecule has 1 saturated heterocycles. The van der Waals surface area contributed by atoms with Crippen molar-refractivity contribution in [2.75, 3.05) is 13.1 Å². The standard InChI is InChI=1S/C19H25N5O/c25-18(23-11-8-19(9-12-23)6-2-1-3-7-19)17-15-24(22-21-17)14-16-5-4-10-20-13-16/h4-5,10,13,15H,1-3,6-9,11-12,14H2. The van der Waals surface area contributed by atoms with Crippen LogP contribution in [0, 0.1) is 5.41 Å². The molecule has 1 aliphatic heterocycles. The van der Waals surface area contributed by atoms with Crippen LogP contribution in [0.25, 0.3) is 0 Å². The summed E-state index contributed by atoms with van der Waals surface area (Å²) in [6.07, 6.45) is 14.4. The first-order chi connectivity index (χ1) is 12.2. The number of aromatic nitrogens is 4. The van der Waals surface area contributed by atoms with Crippen LogP contribution < -0.4 is 0 Å². The van der Waals surface area contributed by atoms with Crippen molar-refractivity contribution >= 4 is 5.91 Å². The molecule has 0 atom stereocenters. The maximum absolute atomic E-state index is 12.7. The van der Waals surface area contributed by atoms with Crippen LogP contribution in [0.15, 0.2) is 30.7 Å². The number of pyridine rings is 1. The number of hydrogen-bond acceptors (Lipinski definition) is 4. The Balaban J connectivity index is 1.37. The Morgan fingerprint density at radius 1 is 1.12 bits per heavy atom. The molecular formula is C19H25N5O. The van der Waals surface area contributed by atoms with Gasteiger partial charge < -0.3 is 4.90 Å². The third-order valence-electron chi connectivity index (χ3n) is 5.85. The van der Waals surface area contributed by atoms with Gasteiger partial charge in [-0.15, -0.1) is 5.10 Å². The minimum Gasteiger partial charge on any atom is -0.337 e. The Bertz CT molecular complexity index is 710. The molecule has 1 spiro atoms. The Morgan fingerprint density at radius 2 is 1.92 bits per heavy atom. The second-order valence-corrected chi connectivity index (χ2v) is 7.52. The number of nitrogens with zero attached hydrogens (tertiary/aromatic N) is 5. The van der Waals surface area contributed by atoms with Gasteiger partial charge in [-0.25, -0.2) is 4.68 Å². The van der Waals surface area contributed by atoms with Gasteiger partial charge in [-0.3, -0.25) is 9.78 Å². The summed E-state index contributed by atoms with van der Waals surface area (Å²) in [6, 6.07) is 3.89. The van der Waals surface area contributed by atoms with E-state index in [1.54, 1.807) is 23.3 Å². The summed E-state index contributed by atoms with van der Waals surface area (Å²) in [4.78, 5) is 18.8. The highest BCUT2D eigenvalue weighted by molar-refractivity contribution is 5.92. The summed E-state index contributed by atoms with van der Waals surface area (Å²) in [5, 5.41) is 8.19. The van der Waals surface area contributed by atoms with Gasteiger partial charge in [0, 0.05) is 25.5 Å². The van der Waals surface area contributed by atoms with E-state index in [4.69, 9.17) is 0 Å². The molecule has 0 bridgehead atoms. The molecule has 0 aromatic carbocycles. The third-order valence-corrected chi connectivity index (χ3v) is 5.85. The van der Waals surface area contributed by atoms with Crippen LogP contribution in [0.4, 0.5) is 0 Å². The minimum atomic E-state index is 0.0168. The largest absolute Gasteiger partial charge is 0.337 e. The summed E-state index contributed by atoms with van der Waals surface area (Å²) < 4.78 is 1.71. The number of amides is 1. The third kappa shape index (κ3) is 3.57. The fourth-order valence-corrected chi connectivity index (χ4v) is 4.30. The highest BCUT2D eigenvalue weighted by Gasteiger charge is 2.37. The lowest BCUT2D eigenvalue weighted by atomic mass is 9.68. The van der Waals surface area contributed by atoms with Crippen molar-refractivity contribution in [3.8, 4) is 0 Å². The Hall–Kier alpha value is -2.24. The van der Waals surface area contributed by atoms with Crippen LogP contribution in [0.5, 0.6) is 0 Å². The molecule has 2 aliphatic rings. The van der Waals surface area contributed by atoms with Gasteiger partial charge in [-0.05, 0) is 42.7 Å². The van der Waals surface area contributed by atoms with Crippen molar-refractivity contribution in [2.45, 2.75) is 51.5 Å². The van der Waals surface area contributed by atoms with Gasteiger partial charge in [0.2, 0.25) is 0 Å². The molecule has 1 aliphatic carbocycles. The zero-order chi connectivity index (χ0) is 17.1. The van der Waals surface area contributed by atoms with E-state index >= 15 is 0 Å². The second kappa shape index (κ2) is 6.94. The van der Waals surface area contributed by atoms with E-state index in [2.05, 4.69) is 15.3 Å². The van der Waals surface area contributed by atoms with Crippen molar-refractivity contribution in [2.24, 2.45) is 5.41 Å². The molecule has 4 rings (SSSR count). The van der Waals surface area contributed by atoms with Crippen LogP contribution in [-0.2, 0) is 6.54 Å². The molecule has 0 N–H and O–H groups in total. The number of carbonyl (C=O) groups is 1. The predicted molar refractivity (Wildman–Crippen MR) is 94.0 cm³/mol. The topological polar surface area (TPSA) is 63.9 Å². The Morgan fingerprint density at radius 3 is 2.64 bits per heavy atom. The van der Waals surface area contributed by atoms with Crippen molar-refractivity contribution in [1.82, 2.24) is 24.9 Å². The van der Waals surface area contributed by atoms with Gasteiger partial charge in [0.15, 0.2) is 5.69 Å². The fourth-order valence-electron chi connectivity index (χ4n) is 4.30. The van der Waals surface area contributed by atoms with Crippen molar-refractivity contribution in [3.63, 3.8) is 0 Å². The molecule has 2 aromatic rings.